The largest absolute Gasteiger partial charge is 0.508 e. The van der Waals surface area contributed by atoms with Gasteiger partial charge in [0.2, 0.25) is 0 Å². The average Bonchev–Trinajstić information content (AvgIpc) is 3.13. The van der Waals surface area contributed by atoms with Crippen molar-refractivity contribution in [2.75, 3.05) is 20.8 Å². The lowest BCUT2D eigenvalue weighted by Gasteiger charge is -2.33. The van der Waals surface area contributed by atoms with E-state index in [0.717, 1.165) is 35.2 Å². The molecule has 1 N–H and O–H groups in total. The number of phenolic OH excluding ortho intramolecular Hbond substituents is 1. The van der Waals surface area contributed by atoms with E-state index in [1.165, 1.54) is 41.3 Å². The summed E-state index contributed by atoms with van der Waals surface area (Å²) in [7, 11) is 3.34. The van der Waals surface area contributed by atoms with Crippen molar-refractivity contribution < 1.29 is 14.6 Å². The first-order chi connectivity index (χ1) is 12.7. The average molecular weight is 349 g/mol. The van der Waals surface area contributed by atoms with Crippen LogP contribution in [0.15, 0.2) is 30.3 Å². The number of hydrogen-bond donors (Lipinski definition) is 1. The molecular formula is C22H23NO3. The number of hydrogen-bond acceptors (Lipinski definition) is 4. The van der Waals surface area contributed by atoms with Gasteiger partial charge in [0.15, 0.2) is 11.5 Å². The minimum absolute atomic E-state index is 0.298. The van der Waals surface area contributed by atoms with Crippen LogP contribution in [0.3, 0.4) is 0 Å². The third-order valence-corrected chi connectivity index (χ3v) is 6.13. The standard InChI is InChI=1S/C22H23NO3/c1-25-21-10-18-17-9-14(24)5-6-15(17)16-8-13-4-3-7-23(13)12-20(16)19(18)11-22(21)26-2/h5-6,9-11,13,24H,3-4,7-8,12H2,1-2H3/t13-/m0/s1. The number of ether oxygens (including phenoxy) is 2. The Morgan fingerprint density at radius 3 is 2.42 bits per heavy atom. The second-order valence-electron chi connectivity index (χ2n) is 7.41. The lowest BCUT2D eigenvalue weighted by atomic mass is 9.85. The normalized spacial score (nSPS) is 19.5. The first-order valence-corrected chi connectivity index (χ1v) is 9.26. The van der Waals surface area contributed by atoms with E-state index in [9.17, 15) is 5.11 Å². The van der Waals surface area contributed by atoms with E-state index >= 15 is 0 Å². The summed E-state index contributed by atoms with van der Waals surface area (Å²) in [6.07, 6.45) is 3.65. The van der Waals surface area contributed by atoms with Gasteiger partial charge in [0.1, 0.15) is 5.75 Å². The summed E-state index contributed by atoms with van der Waals surface area (Å²) < 4.78 is 11.1. The van der Waals surface area contributed by atoms with E-state index < -0.39 is 0 Å². The minimum atomic E-state index is 0.298. The van der Waals surface area contributed by atoms with Crippen LogP contribution in [0.4, 0.5) is 0 Å². The predicted molar refractivity (Wildman–Crippen MR) is 103 cm³/mol. The van der Waals surface area contributed by atoms with Gasteiger partial charge in [0.25, 0.3) is 0 Å². The molecule has 0 saturated carbocycles. The molecule has 0 radical (unpaired) electrons. The van der Waals surface area contributed by atoms with E-state index in [1.807, 2.05) is 12.1 Å². The van der Waals surface area contributed by atoms with Crippen molar-refractivity contribution in [3.05, 3.63) is 41.5 Å². The number of nitrogens with zero attached hydrogens (tertiary/aromatic N) is 1. The maximum atomic E-state index is 10.1. The van der Waals surface area contributed by atoms with Gasteiger partial charge in [0, 0.05) is 12.6 Å². The van der Waals surface area contributed by atoms with Gasteiger partial charge in [-0.2, -0.15) is 0 Å². The molecule has 134 valence electrons. The fraction of sp³-hybridized carbons (Fsp3) is 0.364. The molecule has 3 aromatic carbocycles. The van der Waals surface area contributed by atoms with Crippen molar-refractivity contribution in [1.82, 2.24) is 4.90 Å². The highest BCUT2D eigenvalue weighted by Crippen LogP contribution is 2.44. The molecule has 0 aromatic heterocycles. The minimum Gasteiger partial charge on any atom is -0.508 e. The molecule has 4 nitrogen and oxygen atoms in total. The molecule has 0 amide bonds. The monoisotopic (exact) mass is 349 g/mol. The number of methoxy groups -OCH3 is 2. The van der Waals surface area contributed by atoms with Gasteiger partial charge in [-0.05, 0) is 82.7 Å². The molecule has 1 fully saturated rings. The summed E-state index contributed by atoms with van der Waals surface area (Å²) in [5, 5.41) is 14.8. The van der Waals surface area contributed by atoms with Crippen molar-refractivity contribution in [3.8, 4) is 17.2 Å². The van der Waals surface area contributed by atoms with Gasteiger partial charge in [-0.3, -0.25) is 4.90 Å². The Hall–Kier alpha value is -2.46. The molecule has 1 atom stereocenters. The molecule has 0 aliphatic carbocycles. The van der Waals surface area contributed by atoms with E-state index in [2.05, 4.69) is 17.0 Å². The lowest BCUT2D eigenvalue weighted by Crippen LogP contribution is -2.35. The summed E-state index contributed by atoms with van der Waals surface area (Å²) in [6, 6.07) is 10.6. The zero-order valence-electron chi connectivity index (χ0n) is 15.2. The number of rotatable bonds is 2. The molecule has 5 rings (SSSR count). The SMILES string of the molecule is COc1cc2c3c(c4ccc(O)cc4c2cc1OC)C[C@@H]1CCCN1C3. The first-order valence-electron chi connectivity index (χ1n) is 9.26. The zero-order valence-corrected chi connectivity index (χ0v) is 15.2. The van der Waals surface area contributed by atoms with Crippen molar-refractivity contribution in [2.45, 2.75) is 31.8 Å². The number of phenols is 1. The van der Waals surface area contributed by atoms with E-state index in [0.29, 0.717) is 11.8 Å². The van der Waals surface area contributed by atoms with Crippen molar-refractivity contribution in [2.24, 2.45) is 0 Å². The van der Waals surface area contributed by atoms with Crippen LogP contribution in [-0.2, 0) is 13.0 Å². The van der Waals surface area contributed by atoms with Gasteiger partial charge in [-0.1, -0.05) is 6.07 Å². The van der Waals surface area contributed by atoms with Gasteiger partial charge >= 0.3 is 0 Å². The third kappa shape index (κ3) is 2.18. The van der Waals surface area contributed by atoms with E-state index in [1.54, 1.807) is 20.3 Å². The molecular weight excluding hydrogens is 326 g/mol. The van der Waals surface area contributed by atoms with Crippen molar-refractivity contribution >= 4 is 21.5 Å². The zero-order chi connectivity index (χ0) is 17.8. The molecule has 3 aromatic rings. The van der Waals surface area contributed by atoms with Gasteiger partial charge in [-0.25, -0.2) is 0 Å². The van der Waals surface area contributed by atoms with Crippen LogP contribution >= 0.6 is 0 Å². The van der Waals surface area contributed by atoms with Crippen LogP contribution in [0.25, 0.3) is 21.5 Å². The molecule has 0 bridgehead atoms. The molecule has 26 heavy (non-hydrogen) atoms. The summed E-state index contributed by atoms with van der Waals surface area (Å²) >= 11 is 0. The Kier molecular flexibility index (Phi) is 3.50. The van der Waals surface area contributed by atoms with Crippen LogP contribution in [-0.4, -0.2) is 36.8 Å². The second-order valence-corrected chi connectivity index (χ2v) is 7.41. The molecule has 0 spiro atoms. The van der Waals surface area contributed by atoms with Crippen LogP contribution < -0.4 is 9.47 Å². The topological polar surface area (TPSA) is 41.9 Å². The van der Waals surface area contributed by atoms with Gasteiger partial charge in [0.05, 0.1) is 14.2 Å². The maximum Gasteiger partial charge on any atom is 0.161 e. The van der Waals surface area contributed by atoms with E-state index in [4.69, 9.17) is 9.47 Å². The van der Waals surface area contributed by atoms with Crippen LogP contribution in [0, 0.1) is 0 Å². The van der Waals surface area contributed by atoms with Crippen LogP contribution in [0.2, 0.25) is 0 Å². The quantitative estimate of drug-likeness (QED) is 0.703. The van der Waals surface area contributed by atoms with Gasteiger partial charge < -0.3 is 14.6 Å². The van der Waals surface area contributed by atoms with E-state index in [-0.39, 0.29) is 0 Å². The molecule has 2 heterocycles. The fourth-order valence-corrected chi connectivity index (χ4v) is 4.88. The summed E-state index contributed by atoms with van der Waals surface area (Å²) in [5.74, 6) is 1.77. The highest BCUT2D eigenvalue weighted by molar-refractivity contribution is 6.12. The molecule has 2 aliphatic rings. The van der Waals surface area contributed by atoms with Crippen molar-refractivity contribution in [1.29, 1.82) is 0 Å². The summed E-state index contributed by atoms with van der Waals surface area (Å²) in [5.41, 5.74) is 2.83. The Bertz CT molecular complexity index is 1030. The molecule has 0 unspecified atom stereocenters. The van der Waals surface area contributed by atoms with Crippen LogP contribution in [0.5, 0.6) is 17.2 Å². The fourth-order valence-electron chi connectivity index (χ4n) is 4.88. The third-order valence-electron chi connectivity index (χ3n) is 6.13. The Morgan fingerprint density at radius 1 is 0.923 bits per heavy atom. The Labute approximate surface area is 152 Å². The number of aromatic hydroxyl groups is 1. The van der Waals surface area contributed by atoms with Crippen molar-refractivity contribution in [3.63, 3.8) is 0 Å². The molecule has 2 aliphatic heterocycles. The maximum absolute atomic E-state index is 10.1. The highest BCUT2D eigenvalue weighted by Gasteiger charge is 2.32. The highest BCUT2D eigenvalue weighted by atomic mass is 16.5. The summed E-state index contributed by atoms with van der Waals surface area (Å²) in [6.45, 7) is 2.18. The number of benzene rings is 3. The lowest BCUT2D eigenvalue weighted by molar-refractivity contribution is 0.229. The van der Waals surface area contributed by atoms with Gasteiger partial charge in [-0.15, -0.1) is 0 Å². The molecule has 1 saturated heterocycles. The van der Waals surface area contributed by atoms with Crippen LogP contribution in [0.1, 0.15) is 24.0 Å². The number of fused-ring (bicyclic) bond motifs is 7. The molecule has 4 heteroatoms. The second kappa shape index (κ2) is 5.78. The predicted octanol–water partition coefficient (Wildman–Crippen LogP) is 4.24. The smallest absolute Gasteiger partial charge is 0.161 e. The first kappa shape index (κ1) is 15.8. The Morgan fingerprint density at radius 2 is 1.65 bits per heavy atom. The summed E-state index contributed by atoms with van der Waals surface area (Å²) in [4.78, 5) is 2.62. The Balaban J connectivity index is 1.89.